The minimum atomic E-state index is -1.21. The summed E-state index contributed by atoms with van der Waals surface area (Å²) in [7, 11) is -1.05. The van der Waals surface area contributed by atoms with Gasteiger partial charge in [0.25, 0.3) is 0 Å². The van der Waals surface area contributed by atoms with E-state index in [1.807, 2.05) is 0 Å². The van der Waals surface area contributed by atoms with Crippen molar-refractivity contribution in [1.82, 2.24) is 10.2 Å². The molecule has 11 heteroatoms. The lowest BCUT2D eigenvalue weighted by molar-refractivity contribution is -0.141. The highest BCUT2D eigenvalue weighted by Gasteiger charge is 2.36. The number of amides is 2. The topological polar surface area (TPSA) is 151 Å². The molecule has 1 atom stereocenters. The van der Waals surface area contributed by atoms with Crippen LogP contribution in [0.4, 0.5) is 0 Å². The van der Waals surface area contributed by atoms with Crippen molar-refractivity contribution in [1.29, 1.82) is 0 Å². The Morgan fingerprint density at radius 3 is 2.79 bits per heavy atom. The minimum absolute atomic E-state index is 0.126. The van der Waals surface area contributed by atoms with Crippen molar-refractivity contribution in [3.63, 3.8) is 0 Å². The van der Waals surface area contributed by atoms with Gasteiger partial charge in [-0.3, -0.25) is 9.59 Å². The Morgan fingerprint density at radius 1 is 1.41 bits per heavy atom. The molecule has 0 bridgehead atoms. The number of aryl methyl sites for hydroxylation is 1. The van der Waals surface area contributed by atoms with Crippen molar-refractivity contribution in [3.8, 4) is 11.5 Å². The first-order valence-corrected chi connectivity index (χ1v) is 9.45. The SMILES string of the molecule is CC(=O)NCC[C@H](N)C(=O)N1CC(Oc2ccc3c(c2C(=O)O)OB(O)CC3)C1. The number of fused-ring (bicyclic) bond motifs is 1. The Labute approximate surface area is 168 Å². The van der Waals surface area contributed by atoms with Crippen LogP contribution in [0.5, 0.6) is 11.5 Å². The Balaban J connectivity index is 1.59. The third kappa shape index (κ3) is 4.80. The molecule has 0 aliphatic carbocycles. The number of benzene rings is 1. The minimum Gasteiger partial charge on any atom is -0.535 e. The number of carbonyl (C=O) groups excluding carboxylic acids is 2. The molecule has 2 aliphatic heterocycles. The summed E-state index contributed by atoms with van der Waals surface area (Å²) in [6, 6.07) is 2.58. The van der Waals surface area contributed by atoms with Crippen LogP contribution in [0.3, 0.4) is 0 Å². The summed E-state index contributed by atoms with van der Waals surface area (Å²) in [5.74, 6) is -1.37. The number of hydrogen-bond acceptors (Lipinski definition) is 7. The molecule has 10 nitrogen and oxygen atoms in total. The Morgan fingerprint density at radius 2 is 2.14 bits per heavy atom. The molecule has 29 heavy (non-hydrogen) atoms. The Bertz CT molecular complexity index is 813. The van der Waals surface area contributed by atoms with Crippen molar-refractivity contribution in [2.45, 2.75) is 38.2 Å². The summed E-state index contributed by atoms with van der Waals surface area (Å²) in [6.07, 6.45) is 0.868. The molecule has 1 aromatic rings. The van der Waals surface area contributed by atoms with E-state index in [-0.39, 0.29) is 48.1 Å². The van der Waals surface area contributed by atoms with E-state index in [2.05, 4.69) is 5.32 Å². The molecule has 3 rings (SSSR count). The molecule has 0 spiro atoms. The van der Waals surface area contributed by atoms with Gasteiger partial charge in [-0.25, -0.2) is 4.79 Å². The van der Waals surface area contributed by atoms with E-state index < -0.39 is 19.1 Å². The lowest BCUT2D eigenvalue weighted by Crippen LogP contribution is -2.60. The number of nitrogens with one attached hydrogen (secondary N) is 1. The predicted molar refractivity (Wildman–Crippen MR) is 103 cm³/mol. The molecule has 1 saturated heterocycles. The van der Waals surface area contributed by atoms with Gasteiger partial charge in [0, 0.05) is 13.5 Å². The first-order chi connectivity index (χ1) is 13.8. The number of nitrogens with two attached hydrogens (primary N) is 1. The van der Waals surface area contributed by atoms with E-state index in [1.54, 1.807) is 12.1 Å². The first kappa shape index (κ1) is 20.9. The number of hydrogen-bond donors (Lipinski definition) is 4. The quantitative estimate of drug-likeness (QED) is 0.433. The zero-order valence-electron chi connectivity index (χ0n) is 16.1. The Kier molecular flexibility index (Phi) is 6.28. The van der Waals surface area contributed by atoms with E-state index in [0.29, 0.717) is 31.3 Å². The third-order valence-electron chi connectivity index (χ3n) is 4.93. The normalized spacial score (nSPS) is 16.9. The van der Waals surface area contributed by atoms with Crippen LogP contribution < -0.4 is 20.4 Å². The van der Waals surface area contributed by atoms with Crippen molar-refractivity contribution >= 4 is 24.9 Å². The summed E-state index contributed by atoms with van der Waals surface area (Å²) in [5.41, 5.74) is 6.44. The van der Waals surface area contributed by atoms with Crippen molar-refractivity contribution in [2.24, 2.45) is 5.73 Å². The molecule has 2 aliphatic rings. The van der Waals surface area contributed by atoms with Gasteiger partial charge in [-0.1, -0.05) is 6.07 Å². The molecule has 1 aromatic carbocycles. The van der Waals surface area contributed by atoms with Crippen molar-refractivity contribution < 1.29 is 33.9 Å². The molecule has 156 valence electrons. The largest absolute Gasteiger partial charge is 0.535 e. The number of carbonyl (C=O) groups is 3. The number of rotatable bonds is 7. The average molecular weight is 405 g/mol. The second kappa shape index (κ2) is 8.70. The fourth-order valence-corrected chi connectivity index (χ4v) is 3.35. The fraction of sp³-hybridized carbons (Fsp3) is 0.500. The number of likely N-dealkylation sites (tertiary alicyclic amines) is 1. The standard InChI is InChI=1S/C18H24BN3O7/c1-10(23)21-7-5-13(20)17(24)22-8-12(9-22)28-14-3-2-11-4-6-19(27)29-16(11)15(14)18(25)26/h2-3,12-13,27H,4-9,20H2,1H3,(H,21,23)(H,25,26)/t13-/m0/s1. The number of aromatic carboxylic acids is 1. The monoisotopic (exact) mass is 405 g/mol. The van der Waals surface area contributed by atoms with Gasteiger partial charge in [0.1, 0.15) is 23.2 Å². The van der Waals surface area contributed by atoms with Crippen LogP contribution in [-0.4, -0.2) is 71.7 Å². The van der Waals surface area contributed by atoms with Gasteiger partial charge < -0.3 is 35.5 Å². The summed E-state index contributed by atoms with van der Waals surface area (Å²) >= 11 is 0. The maximum atomic E-state index is 12.3. The zero-order valence-corrected chi connectivity index (χ0v) is 16.1. The van der Waals surface area contributed by atoms with Crippen LogP contribution in [0, 0.1) is 0 Å². The van der Waals surface area contributed by atoms with Crippen molar-refractivity contribution in [2.75, 3.05) is 19.6 Å². The number of carboxylic acids is 1. The maximum Gasteiger partial charge on any atom is 0.522 e. The number of ether oxygens (including phenoxy) is 1. The summed E-state index contributed by atoms with van der Waals surface area (Å²) in [5, 5.41) is 21.9. The van der Waals surface area contributed by atoms with Gasteiger partial charge in [0.15, 0.2) is 0 Å². The number of nitrogens with zero attached hydrogens (tertiary/aromatic N) is 1. The molecule has 1 fully saturated rings. The highest BCUT2D eigenvalue weighted by atomic mass is 16.5. The molecule has 2 heterocycles. The van der Waals surface area contributed by atoms with E-state index in [9.17, 15) is 24.5 Å². The van der Waals surface area contributed by atoms with Gasteiger partial charge in [-0.15, -0.1) is 0 Å². The first-order valence-electron chi connectivity index (χ1n) is 9.45. The molecule has 0 radical (unpaired) electrons. The zero-order chi connectivity index (χ0) is 21.1. The third-order valence-corrected chi connectivity index (χ3v) is 4.93. The van der Waals surface area contributed by atoms with Gasteiger partial charge in [0.2, 0.25) is 11.8 Å². The second-order valence-corrected chi connectivity index (χ2v) is 7.20. The summed E-state index contributed by atoms with van der Waals surface area (Å²) < 4.78 is 11.1. The maximum absolute atomic E-state index is 12.3. The number of carboxylic acid groups (broad SMARTS) is 1. The fourth-order valence-electron chi connectivity index (χ4n) is 3.35. The van der Waals surface area contributed by atoms with E-state index in [0.717, 1.165) is 0 Å². The molecule has 0 saturated carbocycles. The van der Waals surface area contributed by atoms with E-state index in [1.165, 1.54) is 11.8 Å². The average Bonchev–Trinajstić information content (AvgIpc) is 2.62. The molecule has 0 aromatic heterocycles. The van der Waals surface area contributed by atoms with E-state index >= 15 is 0 Å². The van der Waals surface area contributed by atoms with Gasteiger partial charge in [-0.2, -0.15) is 0 Å². The summed E-state index contributed by atoms with van der Waals surface area (Å²) in [4.78, 5) is 36.4. The molecule has 5 N–H and O–H groups in total. The van der Waals surface area contributed by atoms with Crippen LogP contribution in [0.1, 0.15) is 29.3 Å². The lowest BCUT2D eigenvalue weighted by atomic mass is 9.78. The van der Waals surface area contributed by atoms with Crippen LogP contribution in [-0.2, 0) is 16.0 Å². The van der Waals surface area contributed by atoms with Crippen LogP contribution in [0.15, 0.2) is 12.1 Å². The van der Waals surface area contributed by atoms with Gasteiger partial charge in [-0.05, 0) is 30.8 Å². The van der Waals surface area contributed by atoms with Crippen LogP contribution in [0.2, 0.25) is 6.32 Å². The second-order valence-electron chi connectivity index (χ2n) is 7.20. The van der Waals surface area contributed by atoms with Gasteiger partial charge in [0.05, 0.1) is 19.1 Å². The summed E-state index contributed by atoms with van der Waals surface area (Å²) in [6.45, 7) is 2.28. The van der Waals surface area contributed by atoms with E-state index in [4.69, 9.17) is 15.1 Å². The van der Waals surface area contributed by atoms with Crippen molar-refractivity contribution in [3.05, 3.63) is 23.3 Å². The smallest absolute Gasteiger partial charge is 0.522 e. The highest BCUT2D eigenvalue weighted by molar-refractivity contribution is 6.44. The highest BCUT2D eigenvalue weighted by Crippen LogP contribution is 2.37. The molecule has 0 unspecified atom stereocenters. The Hall–Kier alpha value is -2.79. The van der Waals surface area contributed by atoms with Gasteiger partial charge >= 0.3 is 13.1 Å². The predicted octanol–water partition coefficient (Wildman–Crippen LogP) is -0.757. The lowest BCUT2D eigenvalue weighted by Gasteiger charge is -2.40. The molecular weight excluding hydrogens is 381 g/mol. The molecular formula is C18H24BN3O7. The molecule has 2 amide bonds. The van der Waals surface area contributed by atoms with Crippen LogP contribution >= 0.6 is 0 Å². The van der Waals surface area contributed by atoms with Crippen LogP contribution in [0.25, 0.3) is 0 Å².